The normalized spacial score (nSPS) is 15.2. The third kappa shape index (κ3) is 5.94. The fourth-order valence-corrected chi connectivity index (χ4v) is 3.91. The smallest absolute Gasteiger partial charge is 0.242 e. The zero-order valence-electron chi connectivity index (χ0n) is 19.2. The summed E-state index contributed by atoms with van der Waals surface area (Å²) in [5, 5.41) is 0. The average molecular weight is 447 g/mol. The molecular formula is C26H30N4O3. The van der Waals surface area contributed by atoms with Crippen LogP contribution in [0.5, 0.6) is 5.75 Å². The van der Waals surface area contributed by atoms with Crippen LogP contribution < -0.4 is 10.5 Å². The lowest BCUT2D eigenvalue weighted by Crippen LogP contribution is -2.51. The van der Waals surface area contributed by atoms with Gasteiger partial charge in [0.15, 0.2) is 0 Å². The third-order valence-corrected chi connectivity index (χ3v) is 5.54. The zero-order chi connectivity index (χ0) is 23.3. The molecule has 0 unspecified atom stereocenters. The number of hydrogen-bond donors (Lipinski definition) is 1. The van der Waals surface area contributed by atoms with E-state index in [4.69, 9.17) is 15.2 Å². The molecule has 0 saturated heterocycles. The Bertz CT molecular complexity index is 1100. The van der Waals surface area contributed by atoms with Crippen LogP contribution in [0.4, 0.5) is 0 Å². The Kier molecular flexibility index (Phi) is 7.01. The van der Waals surface area contributed by atoms with Gasteiger partial charge in [-0.2, -0.15) is 0 Å². The summed E-state index contributed by atoms with van der Waals surface area (Å²) in [5.74, 6) is 0.739. The fraction of sp³-hybridized carbons (Fsp3) is 0.346. The van der Waals surface area contributed by atoms with Gasteiger partial charge in [0.2, 0.25) is 5.91 Å². The van der Waals surface area contributed by atoms with Crippen LogP contribution in [0, 0.1) is 0 Å². The van der Waals surface area contributed by atoms with Gasteiger partial charge in [-0.1, -0.05) is 30.3 Å². The number of aromatic nitrogens is 2. The fourth-order valence-electron chi connectivity index (χ4n) is 3.91. The van der Waals surface area contributed by atoms with Crippen molar-refractivity contribution >= 4 is 5.91 Å². The molecule has 33 heavy (non-hydrogen) atoms. The first kappa shape index (κ1) is 22.9. The maximum atomic E-state index is 12.9. The van der Waals surface area contributed by atoms with Crippen molar-refractivity contribution in [1.82, 2.24) is 14.9 Å². The summed E-state index contributed by atoms with van der Waals surface area (Å²) in [6.07, 6.45) is 5.83. The van der Waals surface area contributed by atoms with Gasteiger partial charge in [-0.05, 0) is 48.2 Å². The number of ether oxygens (including phenoxy) is 2. The first-order valence-electron chi connectivity index (χ1n) is 11.1. The number of fused-ring (bicyclic) bond motifs is 3. The van der Waals surface area contributed by atoms with Crippen molar-refractivity contribution in [3.63, 3.8) is 0 Å². The van der Waals surface area contributed by atoms with E-state index < -0.39 is 5.54 Å². The molecule has 0 fully saturated rings. The van der Waals surface area contributed by atoms with Crippen molar-refractivity contribution in [2.24, 2.45) is 5.73 Å². The molecule has 2 bridgehead atoms. The molecule has 1 aromatic heterocycles. The van der Waals surface area contributed by atoms with Crippen molar-refractivity contribution in [2.45, 2.75) is 32.4 Å². The topological polar surface area (TPSA) is 90.6 Å². The van der Waals surface area contributed by atoms with E-state index in [1.807, 2.05) is 24.3 Å². The molecule has 0 atom stereocenters. The van der Waals surface area contributed by atoms with Crippen LogP contribution in [0.2, 0.25) is 0 Å². The number of benzene rings is 2. The van der Waals surface area contributed by atoms with E-state index in [9.17, 15) is 4.79 Å². The van der Waals surface area contributed by atoms with E-state index in [0.717, 1.165) is 33.6 Å². The minimum atomic E-state index is -0.942. The van der Waals surface area contributed by atoms with Crippen molar-refractivity contribution in [3.8, 4) is 16.9 Å². The number of nitrogens with zero attached hydrogens (tertiary/aromatic N) is 3. The van der Waals surface area contributed by atoms with E-state index in [1.165, 1.54) is 6.33 Å². The highest BCUT2D eigenvalue weighted by atomic mass is 16.5. The van der Waals surface area contributed by atoms with Crippen LogP contribution in [0.3, 0.4) is 0 Å². The first-order chi connectivity index (χ1) is 15.9. The molecule has 2 heterocycles. The molecule has 2 N–H and O–H groups in total. The Morgan fingerprint density at radius 3 is 2.58 bits per heavy atom. The minimum Gasteiger partial charge on any atom is -0.491 e. The molecule has 1 aliphatic rings. The highest BCUT2D eigenvalue weighted by Gasteiger charge is 2.28. The molecule has 3 aromatic rings. The van der Waals surface area contributed by atoms with Crippen LogP contribution in [0.1, 0.15) is 30.5 Å². The standard InChI is InChI=1S/C26H30N4O3/c1-26(2,27)25(31)30-8-9-32-10-11-33-24-7-6-21(23-15-28-18-29-16-23)14-22(24)13-19-4-3-5-20(12-19)17-30/h3-7,12,14-16,18H,8-11,13,17,27H2,1-2H3. The lowest BCUT2D eigenvalue weighted by atomic mass is 9.98. The first-order valence-corrected chi connectivity index (χ1v) is 11.1. The van der Waals surface area contributed by atoms with E-state index in [-0.39, 0.29) is 5.91 Å². The Morgan fingerprint density at radius 1 is 1.00 bits per heavy atom. The van der Waals surface area contributed by atoms with Crippen LogP contribution in [0.25, 0.3) is 11.1 Å². The van der Waals surface area contributed by atoms with Crippen LogP contribution in [-0.2, 0) is 22.5 Å². The quantitative estimate of drug-likeness (QED) is 0.650. The summed E-state index contributed by atoms with van der Waals surface area (Å²) in [6, 6.07) is 14.4. The van der Waals surface area contributed by atoms with Gasteiger partial charge in [-0.25, -0.2) is 9.97 Å². The molecule has 0 aliphatic carbocycles. The Morgan fingerprint density at radius 2 is 1.79 bits per heavy atom. The van der Waals surface area contributed by atoms with E-state index in [0.29, 0.717) is 39.3 Å². The average Bonchev–Trinajstić information content (AvgIpc) is 2.80. The predicted molar refractivity (Wildman–Crippen MR) is 127 cm³/mol. The van der Waals surface area contributed by atoms with Gasteiger partial charge >= 0.3 is 0 Å². The number of amides is 1. The molecule has 7 heteroatoms. The Balaban J connectivity index is 1.66. The van der Waals surface area contributed by atoms with Crippen LogP contribution in [0.15, 0.2) is 61.2 Å². The Hall–Kier alpha value is -3.29. The summed E-state index contributed by atoms with van der Waals surface area (Å²) >= 11 is 0. The lowest BCUT2D eigenvalue weighted by Gasteiger charge is -2.29. The Labute approximate surface area is 194 Å². The molecular weight excluding hydrogens is 416 g/mol. The second kappa shape index (κ2) is 10.1. The van der Waals surface area contributed by atoms with Crippen molar-refractivity contribution < 1.29 is 14.3 Å². The van der Waals surface area contributed by atoms with Gasteiger partial charge in [-0.3, -0.25) is 4.79 Å². The largest absolute Gasteiger partial charge is 0.491 e. The van der Waals surface area contributed by atoms with Gasteiger partial charge in [0.25, 0.3) is 0 Å². The zero-order valence-corrected chi connectivity index (χ0v) is 19.2. The van der Waals surface area contributed by atoms with E-state index in [1.54, 1.807) is 31.1 Å². The molecule has 2 aromatic carbocycles. The van der Waals surface area contributed by atoms with E-state index >= 15 is 0 Å². The van der Waals surface area contributed by atoms with Gasteiger partial charge in [0, 0.05) is 37.5 Å². The maximum Gasteiger partial charge on any atom is 0.242 e. The van der Waals surface area contributed by atoms with Gasteiger partial charge < -0.3 is 20.1 Å². The predicted octanol–water partition coefficient (Wildman–Crippen LogP) is 3.21. The summed E-state index contributed by atoms with van der Waals surface area (Å²) in [5.41, 5.74) is 10.4. The molecule has 0 spiro atoms. The van der Waals surface area contributed by atoms with Crippen molar-refractivity contribution in [2.75, 3.05) is 26.4 Å². The van der Waals surface area contributed by atoms with Gasteiger partial charge in [0.1, 0.15) is 18.7 Å². The van der Waals surface area contributed by atoms with E-state index in [2.05, 4.69) is 28.2 Å². The monoisotopic (exact) mass is 446 g/mol. The molecule has 4 rings (SSSR count). The lowest BCUT2D eigenvalue weighted by molar-refractivity contribution is -0.137. The molecule has 0 saturated carbocycles. The van der Waals surface area contributed by atoms with Crippen molar-refractivity contribution in [3.05, 3.63) is 77.9 Å². The summed E-state index contributed by atoms with van der Waals surface area (Å²) in [6.45, 7) is 5.72. The second-order valence-electron chi connectivity index (χ2n) is 8.86. The maximum absolute atomic E-state index is 12.9. The molecule has 1 aliphatic heterocycles. The highest BCUT2D eigenvalue weighted by molar-refractivity contribution is 5.85. The summed E-state index contributed by atoms with van der Waals surface area (Å²) in [4.78, 5) is 22.9. The SMILES string of the molecule is CC(C)(N)C(=O)N1CCOCCOc2ccc(-c3cncnc3)cc2Cc2cccc(c2)C1. The minimum absolute atomic E-state index is 0.0973. The molecule has 7 nitrogen and oxygen atoms in total. The van der Waals surface area contributed by atoms with Gasteiger partial charge in [-0.15, -0.1) is 0 Å². The number of carbonyl (C=O) groups excluding carboxylic acids is 1. The second-order valence-corrected chi connectivity index (χ2v) is 8.86. The van der Waals surface area contributed by atoms with Crippen LogP contribution in [-0.4, -0.2) is 52.7 Å². The summed E-state index contributed by atoms with van der Waals surface area (Å²) in [7, 11) is 0. The molecule has 0 radical (unpaired) electrons. The molecule has 1 amide bonds. The van der Waals surface area contributed by atoms with Crippen molar-refractivity contribution in [1.29, 1.82) is 0 Å². The number of carbonyl (C=O) groups is 1. The van der Waals surface area contributed by atoms with Gasteiger partial charge in [0.05, 0.1) is 18.8 Å². The molecule has 172 valence electrons. The number of hydrogen-bond acceptors (Lipinski definition) is 6. The van der Waals surface area contributed by atoms with Crippen LogP contribution >= 0.6 is 0 Å². The summed E-state index contributed by atoms with van der Waals surface area (Å²) < 4.78 is 11.8. The third-order valence-electron chi connectivity index (χ3n) is 5.54. The highest BCUT2D eigenvalue weighted by Crippen LogP contribution is 2.28. The number of nitrogens with two attached hydrogens (primary N) is 1. The number of rotatable bonds is 2.